The van der Waals surface area contributed by atoms with Gasteiger partial charge in [0, 0.05) is 18.3 Å². The molecule has 0 aliphatic heterocycles. The van der Waals surface area contributed by atoms with Crippen LogP contribution >= 0.6 is 0 Å². The Kier molecular flexibility index (Phi) is 2.02. The minimum absolute atomic E-state index is 0.498. The van der Waals surface area contributed by atoms with E-state index in [2.05, 4.69) is 4.98 Å². The molecule has 1 saturated carbocycles. The fraction of sp³-hybridized carbons (Fsp3) is 0.455. The van der Waals surface area contributed by atoms with Crippen molar-refractivity contribution in [2.75, 3.05) is 0 Å². The van der Waals surface area contributed by atoms with E-state index in [-0.39, 0.29) is 0 Å². The van der Waals surface area contributed by atoms with E-state index < -0.39 is 11.4 Å². The summed E-state index contributed by atoms with van der Waals surface area (Å²) in [6, 6.07) is 3.89. The lowest BCUT2D eigenvalue weighted by Gasteiger charge is -2.08. The summed E-state index contributed by atoms with van der Waals surface area (Å²) in [6.45, 7) is 1.97. The molecule has 2 rings (SSSR count). The van der Waals surface area contributed by atoms with Gasteiger partial charge < -0.3 is 5.11 Å². The average molecular weight is 191 g/mol. The van der Waals surface area contributed by atoms with Crippen LogP contribution in [0.5, 0.6) is 0 Å². The van der Waals surface area contributed by atoms with Crippen LogP contribution in [0.4, 0.5) is 0 Å². The molecule has 1 aliphatic carbocycles. The van der Waals surface area contributed by atoms with Crippen molar-refractivity contribution in [1.82, 2.24) is 4.98 Å². The Morgan fingerprint density at radius 2 is 2.29 bits per heavy atom. The predicted octanol–water partition coefficient (Wildman–Crippen LogP) is 1.80. The first kappa shape index (κ1) is 9.19. The standard InChI is InChI=1S/C11H13NO2/c1-8-2-3-9(12-7-8)6-11(4-5-11)10(13)14/h2-3,7H,4-6H2,1H3,(H,13,14). The topological polar surface area (TPSA) is 50.2 Å². The van der Waals surface area contributed by atoms with Gasteiger partial charge in [-0.15, -0.1) is 0 Å². The fourth-order valence-electron chi connectivity index (χ4n) is 1.57. The Morgan fingerprint density at radius 1 is 1.57 bits per heavy atom. The smallest absolute Gasteiger partial charge is 0.310 e. The largest absolute Gasteiger partial charge is 0.481 e. The van der Waals surface area contributed by atoms with E-state index in [1.807, 2.05) is 19.1 Å². The molecule has 14 heavy (non-hydrogen) atoms. The molecule has 0 atom stereocenters. The van der Waals surface area contributed by atoms with Crippen LogP contribution in [0.1, 0.15) is 24.1 Å². The van der Waals surface area contributed by atoms with Gasteiger partial charge in [-0.2, -0.15) is 0 Å². The van der Waals surface area contributed by atoms with Crippen molar-refractivity contribution in [3.05, 3.63) is 29.6 Å². The third kappa shape index (κ3) is 1.62. The van der Waals surface area contributed by atoms with Crippen LogP contribution in [0.3, 0.4) is 0 Å². The zero-order chi connectivity index (χ0) is 10.2. The highest BCUT2D eigenvalue weighted by molar-refractivity contribution is 5.78. The van der Waals surface area contributed by atoms with Crippen molar-refractivity contribution in [1.29, 1.82) is 0 Å². The molecule has 1 aliphatic rings. The number of hydrogen-bond acceptors (Lipinski definition) is 2. The maximum absolute atomic E-state index is 10.9. The van der Waals surface area contributed by atoms with Gasteiger partial charge in [-0.25, -0.2) is 0 Å². The molecule has 0 radical (unpaired) electrons. The Morgan fingerprint density at radius 3 is 2.71 bits per heavy atom. The Hall–Kier alpha value is -1.38. The van der Waals surface area contributed by atoms with Crippen molar-refractivity contribution in [3.8, 4) is 0 Å². The molecule has 1 heterocycles. The van der Waals surface area contributed by atoms with E-state index in [4.69, 9.17) is 5.11 Å². The zero-order valence-electron chi connectivity index (χ0n) is 8.16. The number of aromatic nitrogens is 1. The van der Waals surface area contributed by atoms with Gasteiger partial charge in [0.2, 0.25) is 0 Å². The number of carboxylic acids is 1. The molecule has 1 aromatic heterocycles. The van der Waals surface area contributed by atoms with E-state index >= 15 is 0 Å². The third-order valence-corrected chi connectivity index (χ3v) is 2.80. The van der Waals surface area contributed by atoms with Gasteiger partial charge in [-0.1, -0.05) is 6.07 Å². The summed E-state index contributed by atoms with van der Waals surface area (Å²) in [7, 11) is 0. The first-order valence-corrected chi connectivity index (χ1v) is 4.77. The van der Waals surface area contributed by atoms with Gasteiger partial charge in [-0.05, 0) is 31.4 Å². The van der Waals surface area contributed by atoms with Crippen molar-refractivity contribution < 1.29 is 9.90 Å². The normalized spacial score (nSPS) is 17.8. The second-order valence-electron chi connectivity index (χ2n) is 4.09. The summed E-state index contributed by atoms with van der Waals surface area (Å²) in [5.41, 5.74) is 1.49. The van der Waals surface area contributed by atoms with Gasteiger partial charge in [0.25, 0.3) is 0 Å². The van der Waals surface area contributed by atoms with Crippen LogP contribution < -0.4 is 0 Å². The number of carbonyl (C=O) groups is 1. The molecule has 0 amide bonds. The van der Waals surface area contributed by atoms with Crippen LogP contribution in [0.2, 0.25) is 0 Å². The molecule has 1 aromatic rings. The van der Waals surface area contributed by atoms with Crippen LogP contribution in [-0.2, 0) is 11.2 Å². The molecule has 3 heteroatoms. The van der Waals surface area contributed by atoms with Gasteiger partial charge in [0.15, 0.2) is 0 Å². The lowest BCUT2D eigenvalue weighted by molar-refractivity contribution is -0.143. The lowest BCUT2D eigenvalue weighted by atomic mass is 10.00. The van der Waals surface area contributed by atoms with Gasteiger partial charge in [0.1, 0.15) is 0 Å². The number of nitrogens with zero attached hydrogens (tertiary/aromatic N) is 1. The summed E-state index contributed by atoms with van der Waals surface area (Å²) < 4.78 is 0. The minimum Gasteiger partial charge on any atom is -0.481 e. The van der Waals surface area contributed by atoms with Crippen molar-refractivity contribution in [2.45, 2.75) is 26.2 Å². The highest BCUT2D eigenvalue weighted by Crippen LogP contribution is 2.48. The third-order valence-electron chi connectivity index (χ3n) is 2.80. The van der Waals surface area contributed by atoms with Crippen molar-refractivity contribution in [3.63, 3.8) is 0 Å². The highest BCUT2D eigenvalue weighted by atomic mass is 16.4. The summed E-state index contributed by atoms with van der Waals surface area (Å²) in [5, 5.41) is 8.99. The number of rotatable bonds is 3. The van der Waals surface area contributed by atoms with Crippen LogP contribution in [0.25, 0.3) is 0 Å². The van der Waals surface area contributed by atoms with Crippen molar-refractivity contribution >= 4 is 5.97 Å². The zero-order valence-corrected chi connectivity index (χ0v) is 8.16. The fourth-order valence-corrected chi connectivity index (χ4v) is 1.57. The molecular formula is C11H13NO2. The van der Waals surface area contributed by atoms with Crippen LogP contribution in [-0.4, -0.2) is 16.1 Å². The molecule has 74 valence electrons. The van der Waals surface area contributed by atoms with E-state index in [1.165, 1.54) is 0 Å². The van der Waals surface area contributed by atoms with Crippen LogP contribution in [0, 0.1) is 12.3 Å². The number of carboxylic acid groups (broad SMARTS) is 1. The quantitative estimate of drug-likeness (QED) is 0.792. The monoisotopic (exact) mass is 191 g/mol. The Labute approximate surface area is 82.8 Å². The maximum atomic E-state index is 10.9. The van der Waals surface area contributed by atoms with E-state index in [0.29, 0.717) is 6.42 Å². The molecular weight excluding hydrogens is 178 g/mol. The summed E-state index contributed by atoms with van der Waals surface area (Å²) in [6.07, 6.45) is 3.94. The first-order chi connectivity index (χ1) is 6.62. The molecule has 0 unspecified atom stereocenters. The second-order valence-corrected chi connectivity index (χ2v) is 4.09. The van der Waals surface area contributed by atoms with E-state index in [1.54, 1.807) is 6.20 Å². The number of hydrogen-bond donors (Lipinski definition) is 1. The SMILES string of the molecule is Cc1ccc(CC2(C(=O)O)CC2)nc1. The van der Waals surface area contributed by atoms with Gasteiger partial charge in [0.05, 0.1) is 5.41 Å². The molecule has 0 spiro atoms. The Balaban J connectivity index is 2.11. The molecule has 0 aromatic carbocycles. The number of aliphatic carboxylic acids is 1. The maximum Gasteiger partial charge on any atom is 0.310 e. The summed E-state index contributed by atoms with van der Waals surface area (Å²) >= 11 is 0. The molecule has 0 bridgehead atoms. The minimum atomic E-state index is -0.681. The first-order valence-electron chi connectivity index (χ1n) is 4.77. The molecule has 3 nitrogen and oxygen atoms in total. The number of aryl methyl sites for hydroxylation is 1. The predicted molar refractivity (Wildman–Crippen MR) is 52.0 cm³/mol. The lowest BCUT2D eigenvalue weighted by Crippen LogP contribution is -2.18. The Bertz CT molecular complexity index is 352. The number of pyridine rings is 1. The highest BCUT2D eigenvalue weighted by Gasteiger charge is 2.50. The van der Waals surface area contributed by atoms with Crippen LogP contribution in [0.15, 0.2) is 18.3 Å². The van der Waals surface area contributed by atoms with E-state index in [9.17, 15) is 4.79 Å². The average Bonchev–Trinajstić information content (AvgIpc) is 2.90. The second kappa shape index (κ2) is 3.08. The van der Waals surface area contributed by atoms with Gasteiger partial charge in [-0.3, -0.25) is 9.78 Å². The molecule has 1 N–H and O–H groups in total. The van der Waals surface area contributed by atoms with Crippen molar-refractivity contribution in [2.24, 2.45) is 5.41 Å². The molecule has 0 saturated heterocycles. The summed E-state index contributed by atoms with van der Waals surface area (Å²) in [5.74, 6) is -0.681. The van der Waals surface area contributed by atoms with Gasteiger partial charge >= 0.3 is 5.97 Å². The molecule has 1 fully saturated rings. The van der Waals surface area contributed by atoms with E-state index in [0.717, 1.165) is 24.1 Å². The summed E-state index contributed by atoms with van der Waals surface area (Å²) in [4.78, 5) is 15.1.